The Morgan fingerprint density at radius 3 is 2.66 bits per heavy atom. The molecule has 0 radical (unpaired) electrons. The number of rotatable bonds is 4. The number of nitrogens with zero attached hydrogens (tertiary/aromatic N) is 5. The zero-order valence-electron chi connectivity index (χ0n) is 18.0. The second-order valence-corrected chi connectivity index (χ2v) is 8.13. The van der Waals surface area contributed by atoms with Crippen molar-refractivity contribution in [3.8, 4) is 11.1 Å². The van der Waals surface area contributed by atoms with Crippen LogP contribution in [0.2, 0.25) is 0 Å². The largest absolute Gasteiger partial charge is 0.384 e. The number of aryl methyl sites for hydroxylation is 1. The van der Waals surface area contributed by atoms with Crippen molar-refractivity contribution < 1.29 is 4.79 Å². The molecule has 3 aromatic heterocycles. The average molecular weight is 428 g/mol. The van der Waals surface area contributed by atoms with Crippen LogP contribution in [-0.2, 0) is 7.05 Å². The Morgan fingerprint density at radius 2 is 1.88 bits per heavy atom. The number of nitrogens with one attached hydrogen (secondary N) is 1. The number of benzene rings is 1. The number of nitrogen functional groups attached to an aromatic ring is 1. The van der Waals surface area contributed by atoms with E-state index >= 15 is 0 Å². The van der Waals surface area contributed by atoms with Gasteiger partial charge in [0, 0.05) is 49.7 Å². The number of carbonyl (C=O) groups excluding carboxylic acids is 1. The third-order valence-electron chi connectivity index (χ3n) is 5.79. The summed E-state index contributed by atoms with van der Waals surface area (Å²) in [6.45, 7) is 1.94. The van der Waals surface area contributed by atoms with Crippen LogP contribution in [0.25, 0.3) is 22.0 Å². The molecule has 1 aromatic carbocycles. The predicted molar refractivity (Wildman–Crippen MR) is 127 cm³/mol. The summed E-state index contributed by atoms with van der Waals surface area (Å²) in [5.41, 5.74) is 10.5. The standard InChI is InChI=1S/C24H25N7O/c1-30-15-18-12-20(22(13-19(18)29-30)31-9-3-2-4-10-31)28-24(32)21-11-16(7-8-26-21)17-5-6-23(25)27-14-17/h5-8,11-15H,2-4,9-10H2,1H3,(H2,25,27)(H,28,32). The fraction of sp³-hybridized carbons (Fsp3) is 0.250. The molecule has 1 saturated heterocycles. The molecule has 3 N–H and O–H groups in total. The molecule has 0 bridgehead atoms. The van der Waals surface area contributed by atoms with Crippen molar-refractivity contribution in [1.82, 2.24) is 19.7 Å². The summed E-state index contributed by atoms with van der Waals surface area (Å²) in [5.74, 6) is 0.202. The van der Waals surface area contributed by atoms with Crippen LogP contribution in [0.4, 0.5) is 17.2 Å². The maximum atomic E-state index is 13.2. The van der Waals surface area contributed by atoms with Crippen LogP contribution in [0.5, 0.6) is 0 Å². The van der Waals surface area contributed by atoms with Gasteiger partial charge in [-0.25, -0.2) is 4.98 Å². The van der Waals surface area contributed by atoms with Gasteiger partial charge in [0.05, 0.1) is 16.9 Å². The normalized spacial score (nSPS) is 14.0. The molecule has 32 heavy (non-hydrogen) atoms. The zero-order valence-corrected chi connectivity index (χ0v) is 18.0. The van der Waals surface area contributed by atoms with Crippen molar-refractivity contribution in [2.75, 3.05) is 29.0 Å². The molecule has 4 aromatic rings. The summed E-state index contributed by atoms with van der Waals surface area (Å²) < 4.78 is 1.79. The van der Waals surface area contributed by atoms with Gasteiger partial charge in [-0.05, 0) is 61.2 Å². The van der Waals surface area contributed by atoms with Gasteiger partial charge in [0.15, 0.2) is 0 Å². The molecule has 4 heterocycles. The van der Waals surface area contributed by atoms with Crippen LogP contribution < -0.4 is 16.0 Å². The van der Waals surface area contributed by atoms with Gasteiger partial charge in [0.25, 0.3) is 5.91 Å². The number of hydrogen-bond acceptors (Lipinski definition) is 6. The highest BCUT2D eigenvalue weighted by molar-refractivity contribution is 6.07. The van der Waals surface area contributed by atoms with E-state index in [9.17, 15) is 4.79 Å². The molecule has 5 rings (SSSR count). The Balaban J connectivity index is 1.47. The topological polar surface area (TPSA) is 102 Å². The summed E-state index contributed by atoms with van der Waals surface area (Å²) in [6, 6.07) is 11.3. The Hall–Kier alpha value is -3.94. The fourth-order valence-corrected chi connectivity index (χ4v) is 4.18. The number of carbonyl (C=O) groups is 1. The number of nitrogens with two attached hydrogens (primary N) is 1. The Kier molecular flexibility index (Phi) is 5.18. The lowest BCUT2D eigenvalue weighted by molar-refractivity contribution is 0.102. The average Bonchev–Trinajstić information content (AvgIpc) is 3.18. The molecule has 162 valence electrons. The van der Waals surface area contributed by atoms with Gasteiger partial charge in [-0.15, -0.1) is 0 Å². The number of piperidine rings is 1. The van der Waals surface area contributed by atoms with Gasteiger partial charge >= 0.3 is 0 Å². The first-order valence-corrected chi connectivity index (χ1v) is 10.8. The number of pyridine rings is 2. The summed E-state index contributed by atoms with van der Waals surface area (Å²) in [6.07, 6.45) is 8.81. The van der Waals surface area contributed by atoms with E-state index in [1.807, 2.05) is 31.4 Å². The van der Waals surface area contributed by atoms with E-state index in [2.05, 4.69) is 31.3 Å². The monoisotopic (exact) mass is 427 g/mol. The fourth-order valence-electron chi connectivity index (χ4n) is 4.18. The molecule has 8 nitrogen and oxygen atoms in total. The van der Waals surface area contributed by atoms with Crippen molar-refractivity contribution in [3.05, 3.63) is 60.7 Å². The molecule has 0 spiro atoms. The van der Waals surface area contributed by atoms with Crippen LogP contribution in [0, 0.1) is 0 Å². The quantitative estimate of drug-likeness (QED) is 0.513. The minimum Gasteiger partial charge on any atom is -0.384 e. The molecule has 1 fully saturated rings. The van der Waals surface area contributed by atoms with Crippen LogP contribution >= 0.6 is 0 Å². The summed E-state index contributed by atoms with van der Waals surface area (Å²) in [5, 5.41) is 8.63. The molecule has 1 aliphatic rings. The van der Waals surface area contributed by atoms with Crippen molar-refractivity contribution in [3.63, 3.8) is 0 Å². The minimum absolute atomic E-state index is 0.253. The van der Waals surface area contributed by atoms with Crippen molar-refractivity contribution in [1.29, 1.82) is 0 Å². The number of aromatic nitrogens is 4. The smallest absolute Gasteiger partial charge is 0.274 e. The molecular weight excluding hydrogens is 402 g/mol. The third-order valence-corrected chi connectivity index (χ3v) is 5.79. The van der Waals surface area contributed by atoms with E-state index < -0.39 is 0 Å². The van der Waals surface area contributed by atoms with E-state index in [0.29, 0.717) is 11.5 Å². The second kappa shape index (κ2) is 8.30. The molecule has 8 heteroatoms. The van der Waals surface area contributed by atoms with Gasteiger partial charge in [-0.3, -0.25) is 14.5 Å². The highest BCUT2D eigenvalue weighted by Gasteiger charge is 2.19. The number of hydrogen-bond donors (Lipinski definition) is 2. The van der Waals surface area contributed by atoms with Gasteiger partial charge < -0.3 is 16.0 Å². The van der Waals surface area contributed by atoms with Crippen molar-refractivity contribution >= 4 is 34.0 Å². The van der Waals surface area contributed by atoms with E-state index in [0.717, 1.165) is 59.3 Å². The first-order chi connectivity index (χ1) is 15.6. The lowest BCUT2D eigenvalue weighted by Gasteiger charge is -2.30. The third kappa shape index (κ3) is 3.99. The van der Waals surface area contributed by atoms with Gasteiger partial charge in [-0.2, -0.15) is 5.10 Å². The zero-order chi connectivity index (χ0) is 22.1. The van der Waals surface area contributed by atoms with Crippen LogP contribution in [0.3, 0.4) is 0 Å². The molecule has 0 saturated carbocycles. The van der Waals surface area contributed by atoms with Gasteiger partial charge in [-0.1, -0.05) is 0 Å². The van der Waals surface area contributed by atoms with Crippen LogP contribution in [0.15, 0.2) is 55.0 Å². The number of amides is 1. The number of anilines is 3. The molecule has 0 unspecified atom stereocenters. The molecular formula is C24H25N7O. The number of fused-ring (bicyclic) bond motifs is 1. The summed E-state index contributed by atoms with van der Waals surface area (Å²) in [7, 11) is 1.90. The minimum atomic E-state index is -0.253. The Morgan fingerprint density at radius 1 is 1.03 bits per heavy atom. The highest BCUT2D eigenvalue weighted by Crippen LogP contribution is 2.33. The first-order valence-electron chi connectivity index (χ1n) is 10.8. The molecule has 1 aliphatic heterocycles. The highest BCUT2D eigenvalue weighted by atomic mass is 16.1. The van der Waals surface area contributed by atoms with E-state index in [1.165, 1.54) is 6.42 Å². The second-order valence-electron chi connectivity index (χ2n) is 8.13. The summed E-state index contributed by atoms with van der Waals surface area (Å²) in [4.78, 5) is 23.9. The summed E-state index contributed by atoms with van der Waals surface area (Å²) >= 11 is 0. The Labute approximate surface area is 186 Å². The molecule has 1 amide bonds. The van der Waals surface area contributed by atoms with Crippen molar-refractivity contribution in [2.45, 2.75) is 19.3 Å². The SMILES string of the molecule is Cn1cc2cc(NC(=O)c3cc(-c4ccc(N)nc4)ccn3)c(N3CCCCC3)cc2n1. The first kappa shape index (κ1) is 20.0. The lowest BCUT2D eigenvalue weighted by atomic mass is 10.1. The van der Waals surface area contributed by atoms with Crippen LogP contribution in [-0.4, -0.2) is 38.7 Å². The van der Waals surface area contributed by atoms with E-state index in [-0.39, 0.29) is 5.91 Å². The Bertz CT molecular complexity index is 1270. The van der Waals surface area contributed by atoms with Gasteiger partial charge in [0.1, 0.15) is 11.5 Å². The predicted octanol–water partition coefficient (Wildman–Crippen LogP) is 3.86. The van der Waals surface area contributed by atoms with Crippen molar-refractivity contribution in [2.24, 2.45) is 7.05 Å². The van der Waals surface area contributed by atoms with E-state index in [4.69, 9.17) is 5.73 Å². The molecule has 0 atom stereocenters. The maximum absolute atomic E-state index is 13.2. The van der Waals surface area contributed by atoms with Crippen LogP contribution in [0.1, 0.15) is 29.8 Å². The van der Waals surface area contributed by atoms with Gasteiger partial charge in [0.2, 0.25) is 0 Å². The lowest BCUT2D eigenvalue weighted by Crippen LogP contribution is -2.30. The van der Waals surface area contributed by atoms with E-state index in [1.54, 1.807) is 29.2 Å². The molecule has 0 aliphatic carbocycles. The maximum Gasteiger partial charge on any atom is 0.274 e.